The Morgan fingerprint density at radius 1 is 0.653 bits per heavy atom. The van der Waals surface area contributed by atoms with E-state index in [1.807, 2.05) is 6.07 Å². The minimum absolute atomic E-state index is 0.355. The minimum atomic E-state index is 0.355. The van der Waals surface area contributed by atoms with E-state index in [9.17, 15) is 0 Å². The zero-order valence-electron chi connectivity index (χ0n) is 27.8. The molecule has 0 saturated heterocycles. The molecule has 0 fully saturated rings. The van der Waals surface area contributed by atoms with Gasteiger partial charge in [-0.2, -0.15) is 0 Å². The summed E-state index contributed by atoms with van der Waals surface area (Å²) in [6.45, 7) is 8.92. The van der Waals surface area contributed by atoms with Crippen molar-refractivity contribution in [3.05, 3.63) is 186 Å². The Bertz CT molecular complexity index is 2520. The molecule has 0 amide bonds. The van der Waals surface area contributed by atoms with Crippen molar-refractivity contribution in [3.63, 3.8) is 0 Å². The van der Waals surface area contributed by atoms with Crippen molar-refractivity contribution in [2.24, 2.45) is 4.99 Å². The predicted molar refractivity (Wildman–Crippen MR) is 210 cm³/mol. The zero-order valence-corrected chi connectivity index (χ0v) is 27.8. The number of aliphatic imine (C=N–C) groups is 1. The summed E-state index contributed by atoms with van der Waals surface area (Å²) in [5.74, 6) is 1.24. The SMILES string of the molecule is C=C1c2ccccc2N=C(c2ccc3cc(-c4c5ccccc5c(C5C=C(C)C=CC5)c5ccccc45)ccc3c2)N1c1ccccc1C. The van der Waals surface area contributed by atoms with Crippen LogP contribution in [0.15, 0.2) is 169 Å². The number of allylic oxidation sites excluding steroid dienone is 4. The standard InChI is InChI=1S/C47H36N2/c1-30-13-12-15-35(27-30)45-39-17-5-7-19-41(39)46(42-20-8-6-18-40(42)45)36-25-23-34-29-37(26-24-33(34)28-36)47-48-43-21-10-9-16-38(43)32(3)49(47)44-22-11-4-14-31(44)2/h4-14,16-29,35H,3,15H2,1-2H3. The maximum absolute atomic E-state index is 5.23. The first kappa shape index (κ1) is 29.2. The van der Waals surface area contributed by atoms with Gasteiger partial charge >= 0.3 is 0 Å². The number of nitrogens with zero attached hydrogens (tertiary/aromatic N) is 2. The van der Waals surface area contributed by atoms with E-state index in [0.29, 0.717) is 5.92 Å². The van der Waals surface area contributed by atoms with Crippen molar-refractivity contribution >= 4 is 55.2 Å². The number of amidine groups is 1. The highest BCUT2D eigenvalue weighted by Crippen LogP contribution is 2.45. The monoisotopic (exact) mass is 628 g/mol. The number of aryl methyl sites for hydroxylation is 1. The third-order valence-electron chi connectivity index (χ3n) is 10.2. The Kier molecular flexibility index (Phi) is 6.91. The first-order chi connectivity index (χ1) is 24.0. The summed E-state index contributed by atoms with van der Waals surface area (Å²) >= 11 is 0. The highest BCUT2D eigenvalue weighted by molar-refractivity contribution is 6.22. The van der Waals surface area contributed by atoms with Crippen LogP contribution in [0.1, 0.15) is 41.5 Å². The maximum atomic E-state index is 5.23. The molecule has 2 heteroatoms. The third kappa shape index (κ3) is 4.83. The second kappa shape index (κ2) is 11.6. The predicted octanol–water partition coefficient (Wildman–Crippen LogP) is 12.7. The smallest absolute Gasteiger partial charge is 0.145 e. The van der Waals surface area contributed by atoms with Crippen molar-refractivity contribution in [1.82, 2.24) is 0 Å². The molecule has 0 N–H and O–H groups in total. The van der Waals surface area contributed by atoms with E-state index >= 15 is 0 Å². The number of hydrogen-bond donors (Lipinski definition) is 0. The van der Waals surface area contributed by atoms with Gasteiger partial charge in [0.2, 0.25) is 0 Å². The second-order valence-electron chi connectivity index (χ2n) is 13.3. The number of fused-ring (bicyclic) bond motifs is 4. The summed E-state index contributed by atoms with van der Waals surface area (Å²) in [6, 6.07) is 48.3. The molecule has 0 spiro atoms. The first-order valence-corrected chi connectivity index (χ1v) is 17.1. The van der Waals surface area contributed by atoms with Gasteiger partial charge in [-0.15, -0.1) is 0 Å². The lowest BCUT2D eigenvalue weighted by Crippen LogP contribution is -2.32. The molecule has 7 aromatic carbocycles. The lowest BCUT2D eigenvalue weighted by Gasteiger charge is -2.33. The number of anilines is 1. The van der Waals surface area contributed by atoms with E-state index in [-0.39, 0.29) is 0 Å². The van der Waals surface area contributed by atoms with Crippen LogP contribution in [0.5, 0.6) is 0 Å². The molecule has 7 aromatic rings. The van der Waals surface area contributed by atoms with Crippen LogP contribution in [-0.2, 0) is 0 Å². The van der Waals surface area contributed by atoms with Gasteiger partial charge in [0.05, 0.1) is 11.4 Å². The van der Waals surface area contributed by atoms with Crippen molar-refractivity contribution in [2.75, 3.05) is 4.90 Å². The van der Waals surface area contributed by atoms with E-state index in [0.717, 1.165) is 40.5 Å². The zero-order chi connectivity index (χ0) is 33.1. The molecule has 1 atom stereocenters. The Balaban J connectivity index is 1.20. The Morgan fingerprint density at radius 3 is 1.98 bits per heavy atom. The van der Waals surface area contributed by atoms with E-state index < -0.39 is 0 Å². The number of rotatable bonds is 4. The quantitative estimate of drug-likeness (QED) is 0.177. The van der Waals surface area contributed by atoms with Gasteiger partial charge in [-0.25, -0.2) is 4.99 Å². The first-order valence-electron chi connectivity index (χ1n) is 17.1. The van der Waals surface area contributed by atoms with Gasteiger partial charge in [0, 0.05) is 22.7 Å². The average Bonchev–Trinajstić information content (AvgIpc) is 3.14. The number of hydrogen-bond acceptors (Lipinski definition) is 2. The van der Waals surface area contributed by atoms with Gasteiger partial charge in [-0.3, -0.25) is 4.90 Å². The topological polar surface area (TPSA) is 15.6 Å². The minimum Gasteiger partial charge on any atom is -0.294 e. The van der Waals surface area contributed by atoms with Crippen molar-refractivity contribution in [2.45, 2.75) is 26.2 Å². The van der Waals surface area contributed by atoms with Crippen molar-refractivity contribution in [3.8, 4) is 11.1 Å². The number of benzene rings is 7. The van der Waals surface area contributed by atoms with Crippen LogP contribution in [0.3, 0.4) is 0 Å². The van der Waals surface area contributed by atoms with E-state index in [2.05, 4.69) is 171 Å². The summed E-state index contributed by atoms with van der Waals surface area (Å²) in [5.41, 5.74) is 11.5. The molecule has 0 bridgehead atoms. The normalized spacial score (nSPS) is 15.8. The third-order valence-corrected chi connectivity index (χ3v) is 10.2. The van der Waals surface area contributed by atoms with Crippen LogP contribution in [0.25, 0.3) is 49.1 Å². The lowest BCUT2D eigenvalue weighted by atomic mass is 9.80. The van der Waals surface area contributed by atoms with E-state index in [1.54, 1.807) is 0 Å². The van der Waals surface area contributed by atoms with Crippen LogP contribution in [0.2, 0.25) is 0 Å². The highest BCUT2D eigenvalue weighted by Gasteiger charge is 2.27. The molecule has 2 nitrogen and oxygen atoms in total. The van der Waals surface area contributed by atoms with Gasteiger partial charge < -0.3 is 0 Å². The summed E-state index contributed by atoms with van der Waals surface area (Å²) in [6.07, 6.45) is 8.02. The summed E-state index contributed by atoms with van der Waals surface area (Å²) < 4.78 is 0. The second-order valence-corrected chi connectivity index (χ2v) is 13.3. The van der Waals surface area contributed by atoms with Gasteiger partial charge in [0.1, 0.15) is 5.84 Å². The van der Waals surface area contributed by atoms with Crippen LogP contribution in [-0.4, -0.2) is 5.84 Å². The molecule has 0 radical (unpaired) electrons. The van der Waals surface area contributed by atoms with E-state index in [1.165, 1.54) is 60.1 Å². The van der Waals surface area contributed by atoms with Gasteiger partial charge in [0.25, 0.3) is 0 Å². The summed E-state index contributed by atoms with van der Waals surface area (Å²) in [7, 11) is 0. The summed E-state index contributed by atoms with van der Waals surface area (Å²) in [4.78, 5) is 7.44. The Labute approximate surface area is 287 Å². The molecule has 9 rings (SSSR count). The van der Waals surface area contributed by atoms with Gasteiger partial charge in [-0.05, 0) is 99.1 Å². The van der Waals surface area contributed by atoms with Gasteiger partial charge in [-0.1, -0.05) is 140 Å². The fourth-order valence-corrected chi connectivity index (χ4v) is 7.95. The van der Waals surface area contributed by atoms with Crippen LogP contribution in [0.4, 0.5) is 11.4 Å². The Hall–Kier alpha value is -5.99. The molecule has 234 valence electrons. The maximum Gasteiger partial charge on any atom is 0.145 e. The van der Waals surface area contributed by atoms with Gasteiger partial charge in [0.15, 0.2) is 0 Å². The molecule has 1 heterocycles. The molecular weight excluding hydrogens is 593 g/mol. The molecule has 49 heavy (non-hydrogen) atoms. The fraction of sp³-hybridized carbons (Fsp3) is 0.0851. The number of para-hydroxylation sites is 2. The lowest BCUT2D eigenvalue weighted by molar-refractivity contribution is 0.858. The largest absolute Gasteiger partial charge is 0.294 e. The van der Waals surface area contributed by atoms with Crippen LogP contribution in [0, 0.1) is 6.92 Å². The van der Waals surface area contributed by atoms with Crippen LogP contribution < -0.4 is 4.90 Å². The molecule has 1 unspecified atom stereocenters. The Morgan fingerprint density at radius 2 is 1.27 bits per heavy atom. The van der Waals surface area contributed by atoms with Crippen molar-refractivity contribution < 1.29 is 0 Å². The highest BCUT2D eigenvalue weighted by atomic mass is 15.2. The van der Waals surface area contributed by atoms with E-state index in [4.69, 9.17) is 4.99 Å². The van der Waals surface area contributed by atoms with Crippen molar-refractivity contribution in [1.29, 1.82) is 0 Å². The molecule has 0 aromatic heterocycles. The summed E-state index contributed by atoms with van der Waals surface area (Å²) in [5, 5.41) is 7.66. The molecule has 1 aliphatic carbocycles. The molecule has 1 aliphatic heterocycles. The average molecular weight is 629 g/mol. The molecule has 0 saturated carbocycles. The molecule has 2 aliphatic rings. The molecular formula is C47H36N2. The van der Waals surface area contributed by atoms with Crippen LogP contribution >= 0.6 is 0 Å². The fourth-order valence-electron chi connectivity index (χ4n) is 7.95.